The summed E-state index contributed by atoms with van der Waals surface area (Å²) in [5, 5.41) is 0. The number of nitrogens with two attached hydrogens (primary N) is 1. The van der Waals surface area contributed by atoms with E-state index in [1.807, 2.05) is 0 Å². The van der Waals surface area contributed by atoms with Crippen LogP contribution in [0.1, 0.15) is 72.1 Å². The van der Waals surface area contributed by atoms with Gasteiger partial charge in [-0.3, -0.25) is 0 Å². The molecule has 0 amide bonds. The first-order valence-corrected chi connectivity index (χ1v) is 7.80. The summed E-state index contributed by atoms with van der Waals surface area (Å²) in [6.45, 7) is 7.20. The van der Waals surface area contributed by atoms with Gasteiger partial charge in [0.15, 0.2) is 0 Å². The number of hydrogen-bond acceptors (Lipinski definition) is 1. The van der Waals surface area contributed by atoms with E-state index in [4.69, 9.17) is 5.73 Å². The van der Waals surface area contributed by atoms with Gasteiger partial charge in [0.05, 0.1) is 0 Å². The summed E-state index contributed by atoms with van der Waals surface area (Å²) in [5.41, 5.74) is 7.12. The quantitative estimate of drug-likeness (QED) is 0.775. The van der Waals surface area contributed by atoms with Gasteiger partial charge in [0.2, 0.25) is 0 Å². The first kappa shape index (κ1) is 13.4. The molecule has 1 nitrogen and oxygen atoms in total. The van der Waals surface area contributed by atoms with Gasteiger partial charge in [0, 0.05) is 6.04 Å². The zero-order chi connectivity index (χ0) is 12.5. The molecule has 0 aromatic rings. The van der Waals surface area contributed by atoms with Crippen molar-refractivity contribution >= 4 is 0 Å². The molecule has 2 N–H and O–H groups in total. The lowest BCUT2D eigenvalue weighted by Gasteiger charge is -2.39. The van der Waals surface area contributed by atoms with Crippen LogP contribution >= 0.6 is 0 Å². The van der Waals surface area contributed by atoms with Crippen LogP contribution in [0.3, 0.4) is 0 Å². The van der Waals surface area contributed by atoms with Crippen molar-refractivity contribution in [2.24, 2.45) is 28.9 Å². The van der Waals surface area contributed by atoms with Crippen molar-refractivity contribution < 1.29 is 0 Å². The van der Waals surface area contributed by atoms with Crippen molar-refractivity contribution in [2.45, 2.75) is 78.2 Å². The maximum Gasteiger partial charge on any atom is 0.0101 e. The molecule has 0 aromatic carbocycles. The topological polar surface area (TPSA) is 26.0 Å². The molecule has 2 fully saturated rings. The van der Waals surface area contributed by atoms with Crippen LogP contribution in [0, 0.1) is 23.2 Å². The molecule has 2 saturated carbocycles. The number of hydrogen-bond donors (Lipinski definition) is 1. The highest BCUT2D eigenvalue weighted by Crippen LogP contribution is 2.47. The van der Waals surface area contributed by atoms with E-state index in [9.17, 15) is 0 Å². The Labute approximate surface area is 108 Å². The zero-order valence-electron chi connectivity index (χ0n) is 12.0. The lowest BCUT2D eigenvalue weighted by molar-refractivity contribution is 0.142. The molecule has 17 heavy (non-hydrogen) atoms. The summed E-state index contributed by atoms with van der Waals surface area (Å²) >= 11 is 0. The van der Waals surface area contributed by atoms with Gasteiger partial charge < -0.3 is 5.73 Å². The molecule has 1 heteroatoms. The summed E-state index contributed by atoms with van der Waals surface area (Å²) in [5.74, 6) is 2.60. The Morgan fingerprint density at radius 2 is 1.76 bits per heavy atom. The molecule has 0 bridgehead atoms. The molecule has 2 aliphatic rings. The second-order valence-corrected chi connectivity index (χ2v) is 7.25. The van der Waals surface area contributed by atoms with Crippen molar-refractivity contribution in [1.82, 2.24) is 0 Å². The average molecular weight is 237 g/mol. The molecular weight excluding hydrogens is 206 g/mol. The van der Waals surface area contributed by atoms with Gasteiger partial charge in [-0.05, 0) is 48.9 Å². The SMILES string of the molecule is CCC1CCC(C(N)C2CCCC2(C)C)CC1. The predicted molar refractivity (Wildman–Crippen MR) is 74.8 cm³/mol. The average Bonchev–Trinajstić information content (AvgIpc) is 2.68. The molecule has 100 valence electrons. The first-order chi connectivity index (χ1) is 8.04. The molecule has 0 radical (unpaired) electrons. The van der Waals surface area contributed by atoms with E-state index in [0.717, 1.165) is 17.8 Å². The Balaban J connectivity index is 1.90. The largest absolute Gasteiger partial charge is 0.327 e. The van der Waals surface area contributed by atoms with Crippen LogP contribution in [0.2, 0.25) is 0 Å². The minimum Gasteiger partial charge on any atom is -0.327 e. The van der Waals surface area contributed by atoms with Crippen molar-refractivity contribution in [3.8, 4) is 0 Å². The zero-order valence-corrected chi connectivity index (χ0v) is 12.0. The Kier molecular flexibility index (Phi) is 4.18. The van der Waals surface area contributed by atoms with Crippen LogP contribution in [0.15, 0.2) is 0 Å². The van der Waals surface area contributed by atoms with Gasteiger partial charge in [-0.25, -0.2) is 0 Å². The molecular formula is C16H31N. The second kappa shape index (κ2) is 5.30. The lowest BCUT2D eigenvalue weighted by atomic mass is 9.69. The summed E-state index contributed by atoms with van der Waals surface area (Å²) in [7, 11) is 0. The van der Waals surface area contributed by atoms with Gasteiger partial charge in [-0.1, -0.05) is 46.5 Å². The molecule has 0 aromatic heterocycles. The number of rotatable bonds is 3. The smallest absolute Gasteiger partial charge is 0.0101 e. The molecule has 0 spiro atoms. The van der Waals surface area contributed by atoms with E-state index in [-0.39, 0.29) is 0 Å². The highest BCUT2D eigenvalue weighted by Gasteiger charge is 2.41. The van der Waals surface area contributed by atoms with E-state index in [0.29, 0.717) is 11.5 Å². The van der Waals surface area contributed by atoms with Gasteiger partial charge in [0.1, 0.15) is 0 Å². The Bertz CT molecular complexity index is 238. The van der Waals surface area contributed by atoms with Crippen LogP contribution in [0.4, 0.5) is 0 Å². The van der Waals surface area contributed by atoms with E-state index >= 15 is 0 Å². The fourth-order valence-electron chi connectivity index (χ4n) is 4.38. The maximum atomic E-state index is 6.62. The minimum atomic E-state index is 0.477. The first-order valence-electron chi connectivity index (χ1n) is 7.80. The highest BCUT2D eigenvalue weighted by molar-refractivity contribution is 4.94. The predicted octanol–water partition coefficient (Wildman–Crippen LogP) is 4.36. The Morgan fingerprint density at radius 3 is 2.24 bits per heavy atom. The molecule has 2 atom stereocenters. The Morgan fingerprint density at radius 1 is 1.12 bits per heavy atom. The van der Waals surface area contributed by atoms with E-state index in [1.54, 1.807) is 0 Å². The standard InChI is InChI=1S/C16H31N/c1-4-12-7-9-13(10-8-12)15(17)14-6-5-11-16(14,2)3/h12-15H,4-11,17H2,1-3H3. The molecule has 0 aliphatic heterocycles. The molecule has 2 aliphatic carbocycles. The highest BCUT2D eigenvalue weighted by atomic mass is 14.7. The van der Waals surface area contributed by atoms with Gasteiger partial charge in [-0.2, -0.15) is 0 Å². The third kappa shape index (κ3) is 2.86. The maximum absolute atomic E-state index is 6.62. The monoisotopic (exact) mass is 237 g/mol. The van der Waals surface area contributed by atoms with Crippen LogP contribution in [-0.2, 0) is 0 Å². The van der Waals surface area contributed by atoms with E-state index < -0.39 is 0 Å². The van der Waals surface area contributed by atoms with Crippen molar-refractivity contribution in [1.29, 1.82) is 0 Å². The van der Waals surface area contributed by atoms with Crippen molar-refractivity contribution in [3.05, 3.63) is 0 Å². The Hall–Kier alpha value is -0.0400. The second-order valence-electron chi connectivity index (χ2n) is 7.25. The fraction of sp³-hybridized carbons (Fsp3) is 1.00. The minimum absolute atomic E-state index is 0.477. The van der Waals surface area contributed by atoms with Crippen LogP contribution < -0.4 is 5.73 Å². The molecule has 0 saturated heterocycles. The molecule has 2 unspecified atom stereocenters. The lowest BCUT2D eigenvalue weighted by Crippen LogP contribution is -2.43. The van der Waals surface area contributed by atoms with Gasteiger partial charge >= 0.3 is 0 Å². The van der Waals surface area contributed by atoms with Crippen LogP contribution in [0.5, 0.6) is 0 Å². The van der Waals surface area contributed by atoms with Crippen LogP contribution in [0.25, 0.3) is 0 Å². The fourth-order valence-corrected chi connectivity index (χ4v) is 4.38. The summed E-state index contributed by atoms with van der Waals surface area (Å²) in [4.78, 5) is 0. The van der Waals surface area contributed by atoms with Gasteiger partial charge in [0.25, 0.3) is 0 Å². The normalized spacial score (nSPS) is 39.2. The van der Waals surface area contributed by atoms with Crippen LogP contribution in [-0.4, -0.2) is 6.04 Å². The third-order valence-corrected chi connectivity index (χ3v) is 5.82. The summed E-state index contributed by atoms with van der Waals surface area (Å²) in [6.07, 6.45) is 11.2. The summed E-state index contributed by atoms with van der Waals surface area (Å²) in [6, 6.07) is 0.477. The van der Waals surface area contributed by atoms with Crippen molar-refractivity contribution in [2.75, 3.05) is 0 Å². The summed E-state index contributed by atoms with van der Waals surface area (Å²) < 4.78 is 0. The van der Waals surface area contributed by atoms with Gasteiger partial charge in [-0.15, -0.1) is 0 Å². The molecule has 0 heterocycles. The molecule has 2 rings (SSSR count). The third-order valence-electron chi connectivity index (χ3n) is 5.82. The van der Waals surface area contributed by atoms with E-state index in [1.165, 1.54) is 51.4 Å². The van der Waals surface area contributed by atoms with Crippen molar-refractivity contribution in [3.63, 3.8) is 0 Å². The van der Waals surface area contributed by atoms with E-state index in [2.05, 4.69) is 20.8 Å².